The van der Waals surface area contributed by atoms with Gasteiger partial charge in [-0.3, -0.25) is 0 Å². The zero-order chi connectivity index (χ0) is 24.0. The lowest BCUT2D eigenvalue weighted by molar-refractivity contribution is -0.0731. The molecule has 172 valence electrons. The molecule has 0 saturated carbocycles. The smallest absolute Gasteiger partial charge is 0.338 e. The maximum absolute atomic E-state index is 13.3. The molecular weight excluding hydrogens is 436 g/mol. The molecule has 0 aliphatic heterocycles. The summed E-state index contributed by atoms with van der Waals surface area (Å²) in [4.78, 5) is 26.6. The van der Waals surface area contributed by atoms with Crippen molar-refractivity contribution in [3.05, 3.63) is 143 Å². The first-order valence-electron chi connectivity index (χ1n) is 11.8. The molecular formula is C31H24O4. The Balaban J connectivity index is 1.50. The monoisotopic (exact) mass is 460 g/mol. The number of esters is 2. The van der Waals surface area contributed by atoms with Crippen LogP contribution in [0.3, 0.4) is 0 Å². The molecule has 0 radical (unpaired) electrons. The number of fused-ring (bicyclic) bond motifs is 1. The number of hydrogen-bond donors (Lipinski definition) is 0. The first kappa shape index (κ1) is 21.4. The Morgan fingerprint density at radius 1 is 0.600 bits per heavy atom. The van der Waals surface area contributed by atoms with E-state index in [0.29, 0.717) is 11.1 Å². The molecule has 35 heavy (non-hydrogen) atoms. The molecule has 4 aromatic rings. The van der Waals surface area contributed by atoms with Crippen LogP contribution in [0.25, 0.3) is 0 Å². The van der Waals surface area contributed by atoms with Crippen molar-refractivity contribution >= 4 is 11.9 Å². The van der Waals surface area contributed by atoms with E-state index in [1.165, 1.54) is 0 Å². The third-order valence-corrected chi connectivity index (χ3v) is 7.40. The Kier molecular flexibility index (Phi) is 5.03. The molecule has 3 aliphatic rings. The topological polar surface area (TPSA) is 52.6 Å². The van der Waals surface area contributed by atoms with Crippen LogP contribution in [0, 0.1) is 0 Å². The molecule has 0 spiro atoms. The molecule has 4 heteroatoms. The van der Waals surface area contributed by atoms with Crippen molar-refractivity contribution in [1.29, 1.82) is 0 Å². The highest BCUT2D eigenvalue weighted by Crippen LogP contribution is 2.58. The maximum Gasteiger partial charge on any atom is 0.338 e. The summed E-state index contributed by atoms with van der Waals surface area (Å²) < 4.78 is 12.5. The average Bonchev–Trinajstić information content (AvgIpc) is 2.91. The molecule has 0 aromatic heterocycles. The van der Waals surface area contributed by atoms with Gasteiger partial charge in [0, 0.05) is 0 Å². The molecule has 2 atom stereocenters. The van der Waals surface area contributed by atoms with Crippen LogP contribution in [0.15, 0.2) is 109 Å². The molecule has 7 rings (SSSR count). The average molecular weight is 461 g/mol. The predicted octanol–water partition coefficient (Wildman–Crippen LogP) is 5.90. The van der Waals surface area contributed by atoms with Gasteiger partial charge >= 0.3 is 11.9 Å². The van der Waals surface area contributed by atoms with E-state index in [0.717, 1.165) is 22.3 Å². The fourth-order valence-corrected chi connectivity index (χ4v) is 5.80. The summed E-state index contributed by atoms with van der Waals surface area (Å²) in [6, 6.07) is 34.3. The van der Waals surface area contributed by atoms with Gasteiger partial charge in [-0.25, -0.2) is 9.59 Å². The van der Waals surface area contributed by atoms with Crippen LogP contribution in [-0.4, -0.2) is 24.1 Å². The van der Waals surface area contributed by atoms with Gasteiger partial charge < -0.3 is 9.47 Å². The highest BCUT2D eigenvalue weighted by Gasteiger charge is 2.60. The van der Waals surface area contributed by atoms with E-state index in [1.807, 2.05) is 60.7 Å². The van der Waals surface area contributed by atoms with Gasteiger partial charge in [-0.2, -0.15) is 0 Å². The second-order valence-corrected chi connectivity index (χ2v) is 9.28. The number of hydrogen-bond acceptors (Lipinski definition) is 4. The van der Waals surface area contributed by atoms with E-state index < -0.39 is 29.6 Å². The zero-order valence-electron chi connectivity index (χ0n) is 19.3. The van der Waals surface area contributed by atoms with Gasteiger partial charge in [0.05, 0.1) is 22.5 Å². The van der Waals surface area contributed by atoms with Crippen LogP contribution < -0.4 is 0 Å². The van der Waals surface area contributed by atoms with Crippen molar-refractivity contribution in [1.82, 2.24) is 0 Å². The van der Waals surface area contributed by atoms with Gasteiger partial charge in [-0.05, 0) is 53.4 Å². The van der Waals surface area contributed by atoms with E-state index in [9.17, 15) is 9.59 Å². The standard InChI is InChI=1S/C31H24O4/c1-31-24-18-10-8-16-22(24)26(23-17-9-11-19-25(23)31)27(34-29(32)20-12-4-2-5-13-20)28(31)35-30(33)21-14-6-3-7-15-21/h2-19,26-28H,1H3/t26?,27-,28-,31?/m1/s1. The normalized spacial score (nSPS) is 23.6. The first-order chi connectivity index (χ1) is 17.1. The second kappa shape index (κ2) is 8.24. The van der Waals surface area contributed by atoms with Gasteiger partial charge in [-0.15, -0.1) is 0 Å². The Morgan fingerprint density at radius 2 is 1.03 bits per heavy atom. The number of rotatable bonds is 4. The number of carbonyl (C=O) groups excluding carboxylic acids is 2. The Morgan fingerprint density at radius 3 is 1.54 bits per heavy atom. The fraction of sp³-hybridized carbons (Fsp3) is 0.161. The van der Waals surface area contributed by atoms with Gasteiger partial charge in [0.15, 0.2) is 12.2 Å². The summed E-state index contributed by atoms with van der Waals surface area (Å²) in [7, 11) is 0. The molecule has 4 nitrogen and oxygen atoms in total. The molecule has 0 unspecified atom stereocenters. The minimum absolute atomic E-state index is 0.245. The maximum atomic E-state index is 13.3. The summed E-state index contributed by atoms with van der Waals surface area (Å²) in [6.45, 7) is 2.09. The highest BCUT2D eigenvalue weighted by atomic mass is 16.6. The van der Waals surface area contributed by atoms with Crippen LogP contribution in [0.5, 0.6) is 0 Å². The summed E-state index contributed by atoms with van der Waals surface area (Å²) in [5.74, 6) is -1.10. The lowest BCUT2D eigenvalue weighted by Gasteiger charge is -2.54. The summed E-state index contributed by atoms with van der Waals surface area (Å²) in [6.07, 6.45) is -1.37. The van der Waals surface area contributed by atoms with Crippen LogP contribution in [0.1, 0.15) is 55.8 Å². The lowest BCUT2D eigenvalue weighted by atomic mass is 9.53. The van der Waals surface area contributed by atoms with Crippen molar-refractivity contribution in [2.45, 2.75) is 30.5 Å². The van der Waals surface area contributed by atoms with Crippen molar-refractivity contribution in [3.63, 3.8) is 0 Å². The molecule has 0 fully saturated rings. The van der Waals surface area contributed by atoms with Crippen LogP contribution in [0.2, 0.25) is 0 Å². The Labute approximate surface area is 204 Å². The SMILES string of the molecule is CC12c3ccccc3C(c3ccccc31)[C@@H](OC(=O)c1ccccc1)[C@H]2OC(=O)c1ccccc1. The van der Waals surface area contributed by atoms with Crippen LogP contribution >= 0.6 is 0 Å². The molecule has 0 N–H and O–H groups in total. The van der Waals surface area contributed by atoms with Crippen molar-refractivity contribution in [2.75, 3.05) is 0 Å². The Bertz CT molecular complexity index is 1360. The largest absolute Gasteiger partial charge is 0.454 e. The van der Waals surface area contributed by atoms with Gasteiger partial charge in [0.25, 0.3) is 0 Å². The molecule has 2 bridgehead atoms. The minimum atomic E-state index is -0.697. The fourth-order valence-electron chi connectivity index (χ4n) is 5.80. The minimum Gasteiger partial charge on any atom is -0.454 e. The third-order valence-electron chi connectivity index (χ3n) is 7.40. The van der Waals surface area contributed by atoms with E-state index in [4.69, 9.17) is 9.47 Å². The number of ether oxygens (including phenoxy) is 2. The van der Waals surface area contributed by atoms with Crippen LogP contribution in [0.4, 0.5) is 0 Å². The quantitative estimate of drug-likeness (QED) is 0.356. The lowest BCUT2D eigenvalue weighted by Crippen LogP contribution is -2.59. The molecule has 0 saturated heterocycles. The van der Waals surface area contributed by atoms with Gasteiger partial charge in [-0.1, -0.05) is 84.9 Å². The number of carbonyl (C=O) groups is 2. The van der Waals surface area contributed by atoms with Crippen LogP contribution in [-0.2, 0) is 14.9 Å². The number of benzene rings is 4. The van der Waals surface area contributed by atoms with Gasteiger partial charge in [0.1, 0.15) is 0 Å². The molecule has 0 amide bonds. The second-order valence-electron chi connectivity index (χ2n) is 9.28. The van der Waals surface area contributed by atoms with Crippen molar-refractivity contribution < 1.29 is 19.1 Å². The summed E-state index contributed by atoms with van der Waals surface area (Å²) in [5, 5.41) is 0. The summed E-state index contributed by atoms with van der Waals surface area (Å²) in [5.41, 5.74) is 4.65. The van der Waals surface area contributed by atoms with E-state index in [1.54, 1.807) is 24.3 Å². The summed E-state index contributed by atoms with van der Waals surface area (Å²) >= 11 is 0. The molecule has 0 heterocycles. The van der Waals surface area contributed by atoms with E-state index >= 15 is 0 Å². The zero-order valence-corrected chi connectivity index (χ0v) is 19.3. The van der Waals surface area contributed by atoms with E-state index in [-0.39, 0.29) is 5.92 Å². The van der Waals surface area contributed by atoms with Crippen molar-refractivity contribution in [2.24, 2.45) is 0 Å². The Hall–Kier alpha value is -4.18. The van der Waals surface area contributed by atoms with E-state index in [2.05, 4.69) is 31.2 Å². The van der Waals surface area contributed by atoms with Gasteiger partial charge in [0.2, 0.25) is 0 Å². The first-order valence-corrected chi connectivity index (χ1v) is 11.8. The third kappa shape index (κ3) is 3.28. The van der Waals surface area contributed by atoms with Crippen molar-refractivity contribution in [3.8, 4) is 0 Å². The predicted molar refractivity (Wildman–Crippen MR) is 132 cm³/mol. The molecule has 3 aliphatic carbocycles. The highest BCUT2D eigenvalue weighted by molar-refractivity contribution is 5.91. The molecule has 4 aromatic carbocycles.